The quantitative estimate of drug-likeness (QED) is 0.0626. The number of benzene rings is 1. The molecule has 2 N–H and O–H groups in total. The van der Waals surface area contributed by atoms with Crippen LogP contribution in [-0.4, -0.2) is 20.8 Å². The lowest BCUT2D eigenvalue weighted by atomic mass is 9.41. The van der Waals surface area contributed by atoms with Crippen molar-refractivity contribution in [2.75, 3.05) is 0 Å². The van der Waals surface area contributed by atoms with E-state index in [9.17, 15) is 0 Å². The van der Waals surface area contributed by atoms with E-state index in [1.807, 2.05) is 18.2 Å². The molecule has 0 radical (unpaired) electrons. The SMILES string of the molecule is C=C/C(=C\C=C\B(/C(=C\N/C=C/C1C(/C=C/C(C=C)=C/C=C/[Si](C)(C)C)C(C)(C)CCC1(C)C)C(CC(=C)C)N/C=C/C=C(\C=C)C(C)(C)C)c1cc2cc(C(C)(C)C)ccc2o1)C(C)CCCC. The molecule has 1 fully saturated rings. The lowest BCUT2D eigenvalue weighted by Gasteiger charge is -2.50. The van der Waals surface area contributed by atoms with Crippen molar-refractivity contribution in [2.45, 2.75) is 160 Å². The number of nitrogens with one attached hydrogen (secondary N) is 2. The normalized spacial score (nSPS) is 19.8. The van der Waals surface area contributed by atoms with E-state index in [1.165, 1.54) is 36.0 Å². The fourth-order valence-corrected chi connectivity index (χ4v) is 9.96. The summed E-state index contributed by atoms with van der Waals surface area (Å²) < 4.78 is 6.90. The van der Waals surface area contributed by atoms with E-state index in [0.29, 0.717) is 17.8 Å². The molecule has 4 atom stereocenters. The van der Waals surface area contributed by atoms with Gasteiger partial charge in [-0.15, -0.1) is 12.6 Å². The predicted molar refractivity (Wildman–Crippen MR) is 314 cm³/mol. The third-order valence-corrected chi connectivity index (χ3v) is 15.2. The highest BCUT2D eigenvalue weighted by molar-refractivity contribution is 6.83. The maximum atomic E-state index is 6.90. The van der Waals surface area contributed by atoms with Crippen LogP contribution in [0.15, 0.2) is 186 Å². The Morgan fingerprint density at radius 1 is 0.870 bits per heavy atom. The number of furan rings is 1. The van der Waals surface area contributed by atoms with Gasteiger partial charge in [0.25, 0.3) is 6.71 Å². The number of fused-ring (bicyclic) bond motifs is 1. The second-order valence-corrected chi connectivity index (χ2v) is 29.5. The van der Waals surface area contributed by atoms with Crippen LogP contribution in [0.2, 0.25) is 19.6 Å². The van der Waals surface area contributed by atoms with Crippen LogP contribution < -0.4 is 16.3 Å². The van der Waals surface area contributed by atoms with Crippen LogP contribution in [-0.2, 0) is 5.41 Å². The second-order valence-electron chi connectivity index (χ2n) is 24.4. The third kappa shape index (κ3) is 18.5. The molecule has 69 heavy (non-hydrogen) atoms. The standard InChI is InChI=1S/C64H95BN2OSi/c1-21-25-29-49(7)51(23-3)31-26-40-65(60-46-52-45-54(62(11,12)13)34-36-59(52)68-60)57(58(44-48(5)6)67-41-27-32-53(24-4)61(8,9)10)47-66-42-37-56-55(63(14,15)38-39-64(56,16)17)35-33-50(22-2)30-28-43-69(18,19)20/h22-24,26-28,30-37,40-43,45-47,49,55-56,58,66-67H,2-5,21,25,29,38-39,44H2,1,6-20H3/b35-33+,40-26+,41-27+,42-37+,43-28+,50-30+,51-31+,53-32+,57-47-. The number of hydrogen-bond acceptors (Lipinski definition) is 3. The van der Waals surface area contributed by atoms with E-state index in [4.69, 9.17) is 4.42 Å². The molecule has 0 aliphatic heterocycles. The fraction of sp³-hybridized carbons (Fsp3) is 0.469. The van der Waals surface area contributed by atoms with Gasteiger partial charge in [0.1, 0.15) is 5.58 Å². The van der Waals surface area contributed by atoms with Crippen molar-refractivity contribution >= 4 is 31.4 Å². The molecule has 3 rings (SSSR count). The molecule has 1 saturated carbocycles. The lowest BCUT2D eigenvalue weighted by Crippen LogP contribution is -2.42. The molecule has 3 nitrogen and oxygen atoms in total. The van der Waals surface area contributed by atoms with E-state index < -0.39 is 8.07 Å². The van der Waals surface area contributed by atoms with Gasteiger partial charge in [-0.3, -0.25) is 0 Å². The topological polar surface area (TPSA) is 37.2 Å². The molecule has 4 unspecified atom stereocenters. The van der Waals surface area contributed by atoms with Crippen molar-refractivity contribution in [3.05, 3.63) is 187 Å². The van der Waals surface area contributed by atoms with Gasteiger partial charge in [0.05, 0.1) is 13.7 Å². The number of hydrogen-bond donors (Lipinski definition) is 2. The first kappa shape index (κ1) is 58.6. The van der Waals surface area contributed by atoms with Crippen LogP contribution >= 0.6 is 0 Å². The number of unbranched alkanes of at least 4 members (excludes halogenated alkanes) is 1. The Hall–Kier alpha value is -4.74. The van der Waals surface area contributed by atoms with Gasteiger partial charge in [-0.05, 0) is 143 Å². The predicted octanol–water partition coefficient (Wildman–Crippen LogP) is 17.8. The Balaban J connectivity index is 2.32. The van der Waals surface area contributed by atoms with Crippen molar-refractivity contribution in [1.82, 2.24) is 10.6 Å². The highest BCUT2D eigenvalue weighted by Crippen LogP contribution is 2.53. The van der Waals surface area contributed by atoms with Gasteiger partial charge in [-0.2, -0.15) is 0 Å². The maximum Gasteiger partial charge on any atom is 0.279 e. The van der Waals surface area contributed by atoms with Crippen LogP contribution in [0.3, 0.4) is 0 Å². The van der Waals surface area contributed by atoms with E-state index in [-0.39, 0.29) is 34.4 Å². The molecule has 5 heteroatoms. The van der Waals surface area contributed by atoms with Gasteiger partial charge in [-0.25, -0.2) is 0 Å². The summed E-state index contributed by atoms with van der Waals surface area (Å²) in [5.74, 6) is 3.34. The average molecular weight is 947 g/mol. The molecule has 374 valence electrons. The fourth-order valence-electron chi connectivity index (χ4n) is 9.29. The van der Waals surface area contributed by atoms with E-state index in [2.05, 4.69) is 256 Å². The van der Waals surface area contributed by atoms with E-state index >= 15 is 0 Å². The van der Waals surface area contributed by atoms with Crippen molar-refractivity contribution in [3.63, 3.8) is 0 Å². The van der Waals surface area contributed by atoms with Crippen LogP contribution in [0, 0.1) is 34.0 Å². The molecule has 1 aliphatic rings. The first-order valence-corrected chi connectivity index (χ1v) is 29.5. The van der Waals surface area contributed by atoms with Gasteiger partial charge in [0, 0.05) is 11.4 Å². The summed E-state index contributed by atoms with van der Waals surface area (Å²) in [5, 5.41) is 8.71. The Labute approximate surface area is 425 Å². The molecule has 0 saturated heterocycles. The van der Waals surface area contributed by atoms with Crippen molar-refractivity contribution in [2.24, 2.45) is 34.0 Å². The van der Waals surface area contributed by atoms with E-state index in [1.54, 1.807) is 0 Å². The summed E-state index contributed by atoms with van der Waals surface area (Å²) in [7, 11) is -1.31. The van der Waals surface area contributed by atoms with Gasteiger partial charge in [-0.1, -0.05) is 219 Å². The van der Waals surface area contributed by atoms with Gasteiger partial charge in [0.2, 0.25) is 0 Å². The Kier molecular flexibility index (Phi) is 22.0. The first-order chi connectivity index (χ1) is 32.2. The third-order valence-electron chi connectivity index (χ3n) is 14.0. The minimum atomic E-state index is -1.31. The van der Waals surface area contributed by atoms with Gasteiger partial charge >= 0.3 is 0 Å². The summed E-state index contributed by atoms with van der Waals surface area (Å²) in [6.45, 7) is 53.7. The molecule has 0 bridgehead atoms. The largest absolute Gasteiger partial charge is 0.470 e. The monoisotopic (exact) mass is 947 g/mol. The second kappa shape index (κ2) is 25.9. The molecular formula is C64H95BN2OSi. The van der Waals surface area contributed by atoms with Gasteiger partial charge < -0.3 is 15.1 Å². The van der Waals surface area contributed by atoms with Crippen LogP contribution in [0.4, 0.5) is 0 Å². The molecule has 1 heterocycles. The summed E-state index contributed by atoms with van der Waals surface area (Å²) in [6.07, 6.45) is 39.3. The zero-order chi connectivity index (χ0) is 51.8. The molecule has 2 aromatic rings. The summed E-state index contributed by atoms with van der Waals surface area (Å²) >= 11 is 0. The Morgan fingerprint density at radius 2 is 1.54 bits per heavy atom. The highest BCUT2D eigenvalue weighted by atomic mass is 28.3. The molecule has 0 amide bonds. The van der Waals surface area contributed by atoms with Crippen molar-refractivity contribution < 1.29 is 4.42 Å². The van der Waals surface area contributed by atoms with E-state index in [0.717, 1.165) is 52.5 Å². The number of allylic oxidation sites excluding steroid dienone is 15. The Morgan fingerprint density at radius 3 is 2.10 bits per heavy atom. The molecule has 1 aromatic carbocycles. The average Bonchev–Trinajstić information content (AvgIpc) is 3.68. The van der Waals surface area contributed by atoms with Crippen LogP contribution in [0.5, 0.6) is 0 Å². The Bertz CT molecular complexity index is 2330. The number of rotatable bonds is 24. The first-order valence-electron chi connectivity index (χ1n) is 25.9. The molecule has 1 aliphatic carbocycles. The lowest BCUT2D eigenvalue weighted by molar-refractivity contribution is 0.0343. The minimum Gasteiger partial charge on any atom is -0.470 e. The van der Waals surface area contributed by atoms with Gasteiger partial charge in [0.15, 0.2) is 0 Å². The maximum absolute atomic E-state index is 6.90. The summed E-state index contributed by atoms with van der Waals surface area (Å²) in [6, 6.07) is 8.76. The highest BCUT2D eigenvalue weighted by Gasteiger charge is 2.45. The molecular weight excluding hydrogens is 852 g/mol. The smallest absolute Gasteiger partial charge is 0.279 e. The zero-order valence-corrected chi connectivity index (χ0v) is 47.5. The van der Waals surface area contributed by atoms with Crippen LogP contribution in [0.25, 0.3) is 11.0 Å². The minimum absolute atomic E-state index is 0.00852. The molecule has 1 aromatic heterocycles. The zero-order valence-electron chi connectivity index (χ0n) is 46.5. The molecule has 0 spiro atoms. The van der Waals surface area contributed by atoms with Crippen molar-refractivity contribution in [3.8, 4) is 0 Å². The van der Waals surface area contributed by atoms with Crippen LogP contribution in [0.1, 0.15) is 134 Å². The van der Waals surface area contributed by atoms with Crippen molar-refractivity contribution in [1.29, 1.82) is 0 Å². The summed E-state index contributed by atoms with van der Waals surface area (Å²) in [4.78, 5) is 0. The summed E-state index contributed by atoms with van der Waals surface area (Å²) in [5.41, 5.74) is 11.4.